The third-order valence-corrected chi connectivity index (χ3v) is 5.30. The highest BCUT2D eigenvalue weighted by Crippen LogP contribution is 2.24. The van der Waals surface area contributed by atoms with E-state index in [1.54, 1.807) is 0 Å². The Morgan fingerprint density at radius 1 is 1.29 bits per heavy atom. The summed E-state index contributed by atoms with van der Waals surface area (Å²) < 4.78 is 27.6. The van der Waals surface area contributed by atoms with Gasteiger partial charge < -0.3 is 0 Å². The molecule has 0 saturated heterocycles. The lowest BCUT2D eigenvalue weighted by atomic mass is 9.96. The number of hydrogen-bond donors (Lipinski definition) is 1. The van der Waals surface area contributed by atoms with E-state index in [2.05, 4.69) is 20.7 Å². The Hall–Kier alpha value is -0.430. The second-order valence-electron chi connectivity index (χ2n) is 4.22. The third-order valence-electron chi connectivity index (χ3n) is 2.51. The molecular weight excluding hydrogens is 304 g/mol. The van der Waals surface area contributed by atoms with Crippen LogP contribution in [0.3, 0.4) is 0 Å². The van der Waals surface area contributed by atoms with Crippen LogP contribution in [-0.2, 0) is 15.7 Å². The second-order valence-corrected chi connectivity index (χ2v) is 6.67. The first-order chi connectivity index (χ1) is 7.82. The van der Waals surface area contributed by atoms with Crippen LogP contribution >= 0.6 is 15.9 Å². The van der Waals surface area contributed by atoms with E-state index < -0.39 is 15.7 Å². The van der Waals surface area contributed by atoms with E-state index in [0.717, 1.165) is 9.87 Å². The molecule has 1 N–H and O–H groups in total. The molecule has 0 radical (unpaired) electrons. The maximum Gasteiger partial charge on any atom is 0.279 e. The van der Waals surface area contributed by atoms with Crippen LogP contribution in [0, 0.1) is 0 Å². The van der Waals surface area contributed by atoms with Crippen molar-refractivity contribution in [1.29, 1.82) is 0 Å². The second kappa shape index (κ2) is 5.48. The van der Waals surface area contributed by atoms with E-state index in [1.807, 2.05) is 37.3 Å². The fourth-order valence-corrected chi connectivity index (χ4v) is 2.94. The van der Waals surface area contributed by atoms with Crippen LogP contribution in [0.15, 0.2) is 30.3 Å². The van der Waals surface area contributed by atoms with E-state index in [4.69, 9.17) is 0 Å². The fraction of sp³-hybridized carbons (Fsp3) is 0.455. The van der Waals surface area contributed by atoms with Gasteiger partial charge in [0.2, 0.25) is 0 Å². The average Bonchev–Trinajstić information content (AvgIpc) is 2.29. The van der Waals surface area contributed by atoms with E-state index >= 15 is 0 Å². The summed E-state index contributed by atoms with van der Waals surface area (Å²) >= 11 is 3.37. The average molecular weight is 321 g/mol. The van der Waals surface area contributed by atoms with E-state index in [9.17, 15) is 8.42 Å². The smallest absolute Gasteiger partial charge is 0.195 e. The summed E-state index contributed by atoms with van der Waals surface area (Å²) in [7, 11) is -0.459. The van der Waals surface area contributed by atoms with Gasteiger partial charge in [0.05, 0.1) is 5.54 Å². The monoisotopic (exact) mass is 320 g/mol. The molecule has 0 aliphatic carbocycles. The number of nitrogens with one attached hydrogen (secondary N) is 1. The lowest BCUT2D eigenvalue weighted by Gasteiger charge is -2.30. The Labute approximate surface area is 111 Å². The molecule has 1 aromatic carbocycles. The maximum atomic E-state index is 11.9. The van der Waals surface area contributed by atoms with Gasteiger partial charge >= 0.3 is 0 Å². The molecule has 0 spiro atoms. The first-order valence-corrected chi connectivity index (χ1v) is 7.71. The van der Waals surface area contributed by atoms with Gasteiger partial charge in [0.25, 0.3) is 10.2 Å². The van der Waals surface area contributed by atoms with Gasteiger partial charge in [-0.3, -0.25) is 0 Å². The predicted molar refractivity (Wildman–Crippen MR) is 73.3 cm³/mol. The van der Waals surface area contributed by atoms with Gasteiger partial charge in [0.1, 0.15) is 0 Å². The molecule has 1 rings (SSSR count). The largest absolute Gasteiger partial charge is 0.279 e. The maximum absolute atomic E-state index is 11.9. The van der Waals surface area contributed by atoms with Crippen LogP contribution in [0.25, 0.3) is 0 Å². The molecular formula is C11H17BrN2O2S. The molecule has 1 atom stereocenters. The van der Waals surface area contributed by atoms with Crippen LogP contribution < -0.4 is 4.72 Å². The van der Waals surface area contributed by atoms with Crippen molar-refractivity contribution in [3.05, 3.63) is 35.9 Å². The third kappa shape index (κ3) is 3.51. The molecule has 4 nitrogen and oxygen atoms in total. The highest BCUT2D eigenvalue weighted by Gasteiger charge is 2.31. The van der Waals surface area contributed by atoms with E-state index in [1.165, 1.54) is 14.1 Å². The van der Waals surface area contributed by atoms with Crippen molar-refractivity contribution in [2.24, 2.45) is 0 Å². The summed E-state index contributed by atoms with van der Waals surface area (Å²) in [6.45, 7) is 1.85. The van der Waals surface area contributed by atoms with Crippen molar-refractivity contribution in [3.63, 3.8) is 0 Å². The molecule has 0 bridgehead atoms. The van der Waals surface area contributed by atoms with Crippen LogP contribution in [-0.4, -0.2) is 32.1 Å². The van der Waals surface area contributed by atoms with Crippen LogP contribution in [0.5, 0.6) is 0 Å². The Morgan fingerprint density at radius 2 is 1.82 bits per heavy atom. The van der Waals surface area contributed by atoms with Crippen molar-refractivity contribution in [3.8, 4) is 0 Å². The Morgan fingerprint density at radius 3 is 2.24 bits per heavy atom. The number of benzene rings is 1. The predicted octanol–water partition coefficient (Wildman–Crippen LogP) is 1.69. The minimum Gasteiger partial charge on any atom is -0.195 e. The highest BCUT2D eigenvalue weighted by atomic mass is 79.9. The van der Waals surface area contributed by atoms with E-state index in [-0.39, 0.29) is 0 Å². The normalized spacial score (nSPS) is 15.8. The number of rotatable bonds is 5. The molecule has 6 heteroatoms. The Kier molecular flexibility index (Phi) is 4.71. The number of nitrogens with zero attached hydrogens (tertiary/aromatic N) is 1. The molecule has 17 heavy (non-hydrogen) atoms. The standard InChI is InChI=1S/C11H17BrN2O2S/c1-11(9-12,10-7-5-4-6-8-10)13-17(15,16)14(2)3/h4-8,13H,9H2,1-3H3. The van der Waals surface area contributed by atoms with Gasteiger partial charge in [-0.05, 0) is 12.5 Å². The minimum absolute atomic E-state index is 0.497. The molecule has 0 saturated carbocycles. The molecule has 96 valence electrons. The van der Waals surface area contributed by atoms with Crippen LogP contribution in [0.4, 0.5) is 0 Å². The Balaban J connectivity index is 3.07. The molecule has 0 aliphatic heterocycles. The first kappa shape index (κ1) is 14.6. The number of halogens is 1. The lowest BCUT2D eigenvalue weighted by molar-refractivity contribution is 0.444. The number of alkyl halides is 1. The van der Waals surface area contributed by atoms with Gasteiger partial charge in [0.15, 0.2) is 0 Å². The summed E-state index contributed by atoms with van der Waals surface area (Å²) in [5, 5.41) is 0.497. The van der Waals surface area contributed by atoms with Gasteiger partial charge in [-0.25, -0.2) is 0 Å². The zero-order valence-corrected chi connectivity index (χ0v) is 12.5. The lowest BCUT2D eigenvalue weighted by Crippen LogP contribution is -2.49. The summed E-state index contributed by atoms with van der Waals surface area (Å²) in [6.07, 6.45) is 0. The van der Waals surface area contributed by atoms with Crippen LogP contribution in [0.1, 0.15) is 12.5 Å². The highest BCUT2D eigenvalue weighted by molar-refractivity contribution is 9.09. The zero-order chi connectivity index (χ0) is 13.1. The summed E-state index contributed by atoms with van der Waals surface area (Å²) in [6, 6.07) is 9.48. The SMILES string of the molecule is CN(C)S(=O)(=O)NC(C)(CBr)c1ccccc1. The van der Waals surface area contributed by atoms with Crippen molar-refractivity contribution in [2.75, 3.05) is 19.4 Å². The molecule has 0 aliphatic rings. The Bertz CT molecular complexity index is 462. The molecule has 0 fully saturated rings. The van der Waals surface area contributed by atoms with Crippen LogP contribution in [0.2, 0.25) is 0 Å². The quantitative estimate of drug-likeness (QED) is 0.839. The summed E-state index contributed by atoms with van der Waals surface area (Å²) in [5.41, 5.74) is 0.256. The van der Waals surface area contributed by atoms with Gasteiger partial charge in [-0.2, -0.15) is 17.4 Å². The van der Waals surface area contributed by atoms with Gasteiger partial charge in [-0.15, -0.1) is 0 Å². The summed E-state index contributed by atoms with van der Waals surface area (Å²) in [5.74, 6) is 0. The van der Waals surface area contributed by atoms with Gasteiger partial charge in [-0.1, -0.05) is 46.3 Å². The number of hydrogen-bond acceptors (Lipinski definition) is 2. The minimum atomic E-state index is -3.46. The molecule has 0 amide bonds. The molecule has 0 heterocycles. The summed E-state index contributed by atoms with van der Waals surface area (Å²) in [4.78, 5) is 0. The van der Waals surface area contributed by atoms with Crippen molar-refractivity contribution < 1.29 is 8.42 Å². The van der Waals surface area contributed by atoms with Crippen molar-refractivity contribution in [1.82, 2.24) is 9.03 Å². The molecule has 0 aromatic heterocycles. The van der Waals surface area contributed by atoms with Crippen molar-refractivity contribution >= 4 is 26.1 Å². The fourth-order valence-electron chi connectivity index (χ4n) is 1.35. The first-order valence-electron chi connectivity index (χ1n) is 5.15. The van der Waals surface area contributed by atoms with E-state index in [0.29, 0.717) is 5.33 Å². The topological polar surface area (TPSA) is 49.4 Å². The zero-order valence-electron chi connectivity index (χ0n) is 10.1. The van der Waals surface area contributed by atoms with Gasteiger partial charge in [0, 0.05) is 19.4 Å². The molecule has 1 aromatic rings. The molecule has 1 unspecified atom stereocenters. The van der Waals surface area contributed by atoms with Crippen molar-refractivity contribution in [2.45, 2.75) is 12.5 Å².